The van der Waals surface area contributed by atoms with Crippen LogP contribution in [0, 0.1) is 0 Å². The molecule has 1 atom stereocenters. The van der Waals surface area contributed by atoms with Crippen molar-refractivity contribution in [2.75, 3.05) is 19.8 Å². The molecule has 0 fully saturated rings. The number of ether oxygens (including phenoxy) is 1. The minimum Gasteiger partial charge on any atom is -0.480 e. The van der Waals surface area contributed by atoms with Crippen LogP contribution in [0.1, 0.15) is 24.9 Å². The van der Waals surface area contributed by atoms with Gasteiger partial charge in [0, 0.05) is 13.2 Å². The van der Waals surface area contributed by atoms with E-state index < -0.39 is 12.0 Å². The second-order valence-corrected chi connectivity index (χ2v) is 3.69. The highest BCUT2D eigenvalue weighted by molar-refractivity contribution is 5.75. The number of benzene rings is 1. The maximum atomic E-state index is 11.1. The van der Waals surface area contributed by atoms with Gasteiger partial charge in [0.15, 0.2) is 0 Å². The van der Waals surface area contributed by atoms with Crippen LogP contribution in [0.2, 0.25) is 0 Å². The molecular formula is C13H19NO3. The third kappa shape index (κ3) is 4.97. The number of aliphatic carboxylic acids is 1. The third-order valence-corrected chi connectivity index (χ3v) is 2.40. The lowest BCUT2D eigenvalue weighted by atomic mass is 10.1. The zero-order valence-corrected chi connectivity index (χ0v) is 10.1. The number of hydrogen-bond acceptors (Lipinski definition) is 3. The largest absolute Gasteiger partial charge is 0.480 e. The van der Waals surface area contributed by atoms with Gasteiger partial charge in [0.25, 0.3) is 0 Å². The van der Waals surface area contributed by atoms with Crippen molar-refractivity contribution in [1.82, 2.24) is 5.32 Å². The van der Waals surface area contributed by atoms with Gasteiger partial charge in [-0.25, -0.2) is 0 Å². The summed E-state index contributed by atoms with van der Waals surface area (Å²) >= 11 is 0. The highest BCUT2D eigenvalue weighted by Gasteiger charge is 2.17. The average Bonchev–Trinajstić information content (AvgIpc) is 2.34. The molecule has 0 heterocycles. The van der Waals surface area contributed by atoms with Crippen molar-refractivity contribution < 1.29 is 14.6 Å². The van der Waals surface area contributed by atoms with Crippen LogP contribution in [0.25, 0.3) is 0 Å². The van der Waals surface area contributed by atoms with Crippen molar-refractivity contribution in [3.8, 4) is 0 Å². The summed E-state index contributed by atoms with van der Waals surface area (Å²) < 4.78 is 5.19. The van der Waals surface area contributed by atoms with Gasteiger partial charge in [-0.3, -0.25) is 4.79 Å². The van der Waals surface area contributed by atoms with E-state index in [1.54, 1.807) is 0 Å². The first kappa shape index (κ1) is 13.7. The standard InChI is InChI=1S/C13H19NO3/c1-2-17-10-6-9-14-12(13(15)16)11-7-4-3-5-8-11/h3-5,7-8,12,14H,2,6,9-10H2,1H3,(H,15,16). The molecule has 1 rings (SSSR count). The first-order chi connectivity index (χ1) is 8.25. The summed E-state index contributed by atoms with van der Waals surface area (Å²) in [7, 11) is 0. The maximum absolute atomic E-state index is 11.1. The Labute approximate surface area is 102 Å². The number of rotatable bonds is 8. The summed E-state index contributed by atoms with van der Waals surface area (Å²) in [6.45, 7) is 3.93. The summed E-state index contributed by atoms with van der Waals surface area (Å²) in [6.07, 6.45) is 0.810. The zero-order chi connectivity index (χ0) is 12.5. The molecule has 0 amide bonds. The van der Waals surface area contributed by atoms with Crippen LogP contribution in [0.3, 0.4) is 0 Å². The van der Waals surface area contributed by atoms with Gasteiger partial charge in [-0.15, -0.1) is 0 Å². The summed E-state index contributed by atoms with van der Waals surface area (Å²) in [5.74, 6) is -0.854. The molecular weight excluding hydrogens is 218 g/mol. The van der Waals surface area contributed by atoms with Gasteiger partial charge in [0.05, 0.1) is 0 Å². The number of hydrogen-bond donors (Lipinski definition) is 2. The minimum absolute atomic E-state index is 0.631. The molecule has 0 aliphatic heterocycles. The normalized spacial score (nSPS) is 12.3. The smallest absolute Gasteiger partial charge is 0.325 e. The lowest BCUT2D eigenvalue weighted by molar-refractivity contribution is -0.139. The molecule has 0 spiro atoms. The summed E-state index contributed by atoms with van der Waals surface area (Å²) in [4.78, 5) is 11.1. The lowest BCUT2D eigenvalue weighted by Gasteiger charge is -2.14. The van der Waals surface area contributed by atoms with E-state index in [4.69, 9.17) is 9.84 Å². The van der Waals surface area contributed by atoms with E-state index >= 15 is 0 Å². The van der Waals surface area contributed by atoms with Gasteiger partial charge < -0.3 is 15.2 Å². The quantitative estimate of drug-likeness (QED) is 0.677. The van der Waals surface area contributed by atoms with Crippen molar-refractivity contribution in [1.29, 1.82) is 0 Å². The number of carboxylic acid groups (broad SMARTS) is 1. The Morgan fingerprint density at radius 2 is 2.12 bits per heavy atom. The van der Waals surface area contributed by atoms with Gasteiger partial charge in [0.1, 0.15) is 6.04 Å². The van der Waals surface area contributed by atoms with Crippen molar-refractivity contribution >= 4 is 5.97 Å². The Hall–Kier alpha value is -1.39. The van der Waals surface area contributed by atoms with Crippen molar-refractivity contribution in [2.45, 2.75) is 19.4 Å². The molecule has 1 aromatic carbocycles. The summed E-state index contributed by atoms with van der Waals surface area (Å²) in [5.41, 5.74) is 0.774. The van der Waals surface area contributed by atoms with Crippen LogP contribution in [-0.2, 0) is 9.53 Å². The number of carbonyl (C=O) groups is 1. The molecule has 4 nitrogen and oxygen atoms in total. The third-order valence-electron chi connectivity index (χ3n) is 2.40. The number of nitrogens with one attached hydrogen (secondary N) is 1. The average molecular weight is 237 g/mol. The molecule has 0 aromatic heterocycles. The second kappa shape index (κ2) is 7.81. The highest BCUT2D eigenvalue weighted by Crippen LogP contribution is 2.12. The molecule has 0 saturated carbocycles. The van der Waals surface area contributed by atoms with E-state index in [0.29, 0.717) is 19.8 Å². The molecule has 17 heavy (non-hydrogen) atoms. The van der Waals surface area contributed by atoms with E-state index in [1.165, 1.54) is 0 Å². The monoisotopic (exact) mass is 237 g/mol. The van der Waals surface area contributed by atoms with Crippen LogP contribution in [0.5, 0.6) is 0 Å². The fourth-order valence-electron chi connectivity index (χ4n) is 1.56. The predicted octanol–water partition coefficient (Wildman–Crippen LogP) is 1.83. The SMILES string of the molecule is CCOCCCNC(C(=O)O)c1ccccc1. The van der Waals surface area contributed by atoms with Gasteiger partial charge in [0.2, 0.25) is 0 Å². The van der Waals surface area contributed by atoms with Crippen LogP contribution < -0.4 is 5.32 Å². The number of carboxylic acids is 1. The minimum atomic E-state index is -0.854. The lowest BCUT2D eigenvalue weighted by Crippen LogP contribution is -2.29. The first-order valence-electron chi connectivity index (χ1n) is 5.84. The van der Waals surface area contributed by atoms with Crippen molar-refractivity contribution in [3.63, 3.8) is 0 Å². The summed E-state index contributed by atoms with van der Waals surface area (Å²) in [5, 5.41) is 12.2. The van der Waals surface area contributed by atoms with E-state index in [1.807, 2.05) is 37.3 Å². The molecule has 0 saturated heterocycles. The molecule has 4 heteroatoms. The second-order valence-electron chi connectivity index (χ2n) is 3.69. The van der Waals surface area contributed by atoms with Gasteiger partial charge in [-0.1, -0.05) is 30.3 Å². The molecule has 0 bridgehead atoms. The van der Waals surface area contributed by atoms with E-state index in [0.717, 1.165) is 12.0 Å². The zero-order valence-electron chi connectivity index (χ0n) is 10.1. The van der Waals surface area contributed by atoms with E-state index in [2.05, 4.69) is 5.32 Å². The molecule has 0 aliphatic rings. The fraction of sp³-hybridized carbons (Fsp3) is 0.462. The van der Waals surface area contributed by atoms with Crippen molar-refractivity contribution in [3.05, 3.63) is 35.9 Å². The van der Waals surface area contributed by atoms with Crippen LogP contribution >= 0.6 is 0 Å². The van der Waals surface area contributed by atoms with Gasteiger partial charge >= 0.3 is 5.97 Å². The van der Waals surface area contributed by atoms with E-state index in [9.17, 15) is 4.79 Å². The Morgan fingerprint density at radius 3 is 2.71 bits per heavy atom. The molecule has 94 valence electrons. The summed E-state index contributed by atoms with van der Waals surface area (Å²) in [6, 6.07) is 8.54. The Kier molecular flexibility index (Phi) is 6.29. The Morgan fingerprint density at radius 1 is 1.41 bits per heavy atom. The first-order valence-corrected chi connectivity index (χ1v) is 5.84. The molecule has 2 N–H and O–H groups in total. The topological polar surface area (TPSA) is 58.6 Å². The van der Waals surface area contributed by atoms with Gasteiger partial charge in [-0.2, -0.15) is 0 Å². The predicted molar refractivity (Wildman–Crippen MR) is 65.9 cm³/mol. The molecule has 0 radical (unpaired) electrons. The fourth-order valence-corrected chi connectivity index (χ4v) is 1.56. The maximum Gasteiger partial charge on any atom is 0.325 e. The Bertz CT molecular complexity index is 327. The molecule has 0 aliphatic carbocycles. The van der Waals surface area contributed by atoms with Crippen LogP contribution in [0.15, 0.2) is 30.3 Å². The molecule has 1 aromatic rings. The molecule has 1 unspecified atom stereocenters. The van der Waals surface area contributed by atoms with Crippen molar-refractivity contribution in [2.24, 2.45) is 0 Å². The van der Waals surface area contributed by atoms with Crippen LogP contribution in [0.4, 0.5) is 0 Å². The van der Waals surface area contributed by atoms with Crippen LogP contribution in [-0.4, -0.2) is 30.8 Å². The van der Waals surface area contributed by atoms with Gasteiger partial charge in [-0.05, 0) is 25.5 Å². The highest BCUT2D eigenvalue weighted by atomic mass is 16.5. The van der Waals surface area contributed by atoms with E-state index in [-0.39, 0.29) is 0 Å². The Balaban J connectivity index is 2.42.